The highest BCUT2D eigenvalue weighted by Crippen LogP contribution is 2.16. The van der Waals surface area contributed by atoms with Crippen molar-refractivity contribution in [3.8, 4) is 0 Å². The Labute approximate surface area is 355 Å². The van der Waals surface area contributed by atoms with Crippen molar-refractivity contribution in [3.05, 3.63) is 12.2 Å². The highest BCUT2D eigenvalue weighted by Gasteiger charge is 2.20. The minimum Gasteiger partial charge on any atom is -0.466 e. The molecule has 0 saturated carbocycles. The van der Waals surface area contributed by atoms with E-state index in [1.54, 1.807) is 0 Å². The topological polar surface area (TPSA) is 95.9 Å². The molecule has 6 heteroatoms. The molecular formula is C51H99NO5. The number of nitrogens with one attached hydrogen (secondary N) is 1. The molecule has 0 aliphatic carbocycles. The molecule has 0 spiro atoms. The monoisotopic (exact) mass is 806 g/mol. The molecule has 1 amide bonds. The van der Waals surface area contributed by atoms with Gasteiger partial charge in [-0.25, -0.2) is 0 Å². The number of rotatable bonds is 47. The molecular weight excluding hydrogens is 707 g/mol. The summed E-state index contributed by atoms with van der Waals surface area (Å²) in [5.41, 5.74) is 0. The number of hydrogen-bond donors (Lipinski definition) is 3. The van der Waals surface area contributed by atoms with Crippen LogP contribution in [0.15, 0.2) is 12.2 Å². The van der Waals surface area contributed by atoms with Gasteiger partial charge in [0.05, 0.1) is 25.4 Å². The largest absolute Gasteiger partial charge is 0.466 e. The molecule has 0 aromatic rings. The van der Waals surface area contributed by atoms with Gasteiger partial charge in [0.1, 0.15) is 0 Å². The van der Waals surface area contributed by atoms with Crippen molar-refractivity contribution in [2.45, 2.75) is 289 Å². The summed E-state index contributed by atoms with van der Waals surface area (Å²) in [7, 11) is 0. The van der Waals surface area contributed by atoms with Crippen molar-refractivity contribution in [2.75, 3.05) is 13.2 Å². The molecule has 0 aliphatic heterocycles. The first-order valence-electron chi connectivity index (χ1n) is 25.4. The van der Waals surface area contributed by atoms with Crippen LogP contribution in [0.2, 0.25) is 0 Å². The summed E-state index contributed by atoms with van der Waals surface area (Å²) < 4.78 is 5.46. The summed E-state index contributed by atoms with van der Waals surface area (Å²) in [6.07, 6.45) is 53.2. The van der Waals surface area contributed by atoms with Gasteiger partial charge in [0.25, 0.3) is 0 Å². The fourth-order valence-electron chi connectivity index (χ4n) is 7.87. The van der Waals surface area contributed by atoms with Crippen molar-refractivity contribution in [1.29, 1.82) is 0 Å². The van der Waals surface area contributed by atoms with E-state index in [4.69, 9.17) is 4.74 Å². The lowest BCUT2D eigenvalue weighted by molar-refractivity contribution is -0.143. The summed E-state index contributed by atoms with van der Waals surface area (Å²) in [5.74, 6) is -0.0616. The van der Waals surface area contributed by atoms with Crippen LogP contribution in [0.5, 0.6) is 0 Å². The molecule has 0 radical (unpaired) electrons. The second-order valence-corrected chi connectivity index (χ2v) is 17.5. The quantitative estimate of drug-likeness (QED) is 0.0323. The van der Waals surface area contributed by atoms with Crippen molar-refractivity contribution in [3.63, 3.8) is 0 Å². The molecule has 0 aromatic heterocycles. The first kappa shape index (κ1) is 55.6. The maximum atomic E-state index is 12.4. The predicted octanol–water partition coefficient (Wildman–Crippen LogP) is 15.0. The van der Waals surface area contributed by atoms with E-state index in [1.807, 2.05) is 0 Å². The van der Waals surface area contributed by atoms with Gasteiger partial charge in [-0.1, -0.05) is 225 Å². The highest BCUT2D eigenvalue weighted by atomic mass is 16.5. The Bertz CT molecular complexity index is 847. The summed E-state index contributed by atoms with van der Waals surface area (Å²) in [4.78, 5) is 24.4. The van der Waals surface area contributed by atoms with Crippen molar-refractivity contribution >= 4 is 11.9 Å². The van der Waals surface area contributed by atoms with Crippen LogP contribution in [-0.4, -0.2) is 47.4 Å². The van der Waals surface area contributed by atoms with Gasteiger partial charge in [-0.2, -0.15) is 0 Å². The number of aliphatic hydroxyl groups excluding tert-OH is 2. The zero-order valence-corrected chi connectivity index (χ0v) is 38.3. The molecule has 2 atom stereocenters. The minimum absolute atomic E-state index is 0.0133. The number of allylic oxidation sites excluding steroid dienone is 2. The smallest absolute Gasteiger partial charge is 0.305 e. The molecule has 338 valence electrons. The number of hydrogen-bond acceptors (Lipinski definition) is 5. The van der Waals surface area contributed by atoms with Crippen LogP contribution < -0.4 is 5.32 Å². The van der Waals surface area contributed by atoms with E-state index in [9.17, 15) is 19.8 Å². The third-order valence-corrected chi connectivity index (χ3v) is 11.8. The van der Waals surface area contributed by atoms with E-state index >= 15 is 0 Å². The van der Waals surface area contributed by atoms with Gasteiger partial charge in [-0.05, 0) is 51.4 Å². The minimum atomic E-state index is -0.671. The van der Waals surface area contributed by atoms with Crippen LogP contribution in [-0.2, 0) is 14.3 Å². The Kier molecular flexibility index (Phi) is 46.1. The maximum absolute atomic E-state index is 12.4. The Hall–Kier alpha value is -1.40. The van der Waals surface area contributed by atoms with Crippen LogP contribution in [0.25, 0.3) is 0 Å². The van der Waals surface area contributed by atoms with E-state index < -0.39 is 12.1 Å². The van der Waals surface area contributed by atoms with Gasteiger partial charge >= 0.3 is 5.97 Å². The number of carbonyl (C=O) groups excluding carboxylic acids is 2. The first-order valence-corrected chi connectivity index (χ1v) is 25.4. The second-order valence-electron chi connectivity index (χ2n) is 17.5. The van der Waals surface area contributed by atoms with Crippen LogP contribution in [0, 0.1) is 0 Å². The van der Waals surface area contributed by atoms with Crippen molar-refractivity contribution < 1.29 is 24.5 Å². The fraction of sp³-hybridized carbons (Fsp3) is 0.922. The summed E-state index contributed by atoms with van der Waals surface area (Å²) in [5, 5.41) is 23.1. The maximum Gasteiger partial charge on any atom is 0.305 e. The molecule has 57 heavy (non-hydrogen) atoms. The lowest BCUT2D eigenvalue weighted by Crippen LogP contribution is -2.45. The van der Waals surface area contributed by atoms with Crippen molar-refractivity contribution in [2.24, 2.45) is 0 Å². The van der Waals surface area contributed by atoms with Crippen LogP contribution in [0.3, 0.4) is 0 Å². The zero-order valence-electron chi connectivity index (χ0n) is 38.3. The van der Waals surface area contributed by atoms with E-state index in [2.05, 4.69) is 31.3 Å². The van der Waals surface area contributed by atoms with Crippen LogP contribution in [0.1, 0.15) is 277 Å². The average Bonchev–Trinajstić information content (AvgIpc) is 3.21. The number of carbonyl (C=O) groups is 2. The predicted molar refractivity (Wildman–Crippen MR) is 246 cm³/mol. The highest BCUT2D eigenvalue weighted by molar-refractivity contribution is 5.76. The number of ether oxygens (including phenoxy) is 1. The average molecular weight is 806 g/mol. The lowest BCUT2D eigenvalue weighted by atomic mass is 10.0. The Morgan fingerprint density at radius 2 is 0.825 bits per heavy atom. The van der Waals surface area contributed by atoms with Crippen LogP contribution in [0.4, 0.5) is 0 Å². The number of amides is 1. The molecule has 2 unspecified atom stereocenters. The van der Waals surface area contributed by atoms with E-state index in [0.29, 0.717) is 25.9 Å². The second kappa shape index (κ2) is 47.3. The summed E-state index contributed by atoms with van der Waals surface area (Å²) >= 11 is 0. The molecule has 6 nitrogen and oxygen atoms in total. The Balaban J connectivity index is 3.44. The van der Waals surface area contributed by atoms with Gasteiger partial charge in [-0.3, -0.25) is 9.59 Å². The molecule has 0 bridgehead atoms. The number of esters is 1. The van der Waals surface area contributed by atoms with Crippen LogP contribution >= 0.6 is 0 Å². The number of unbranched alkanes of at least 4 members (excludes halogenated alkanes) is 34. The third kappa shape index (κ3) is 44.0. The van der Waals surface area contributed by atoms with Gasteiger partial charge in [0, 0.05) is 12.8 Å². The number of aliphatic hydroxyl groups is 2. The zero-order chi connectivity index (χ0) is 41.5. The first-order chi connectivity index (χ1) is 28.0. The molecule has 0 rings (SSSR count). The van der Waals surface area contributed by atoms with E-state index in [0.717, 1.165) is 51.4 Å². The van der Waals surface area contributed by atoms with Gasteiger partial charge in [0.15, 0.2) is 0 Å². The van der Waals surface area contributed by atoms with Crippen molar-refractivity contribution in [1.82, 2.24) is 5.32 Å². The normalized spacial score (nSPS) is 12.7. The molecule has 0 saturated heterocycles. The molecule has 0 aliphatic rings. The SMILES string of the molecule is CCCCCCCC/C=C\CCCCCCCC(=O)OCCCCCCCCCCCCCCCC(=O)NC(CO)C(O)CCCCCCCCCCCCCC. The summed E-state index contributed by atoms with van der Waals surface area (Å²) in [6.45, 7) is 4.91. The van der Waals surface area contributed by atoms with E-state index in [1.165, 1.54) is 193 Å². The third-order valence-electron chi connectivity index (χ3n) is 11.8. The van der Waals surface area contributed by atoms with Gasteiger partial charge in [0.2, 0.25) is 5.91 Å². The fourth-order valence-corrected chi connectivity index (χ4v) is 7.87. The Morgan fingerprint density at radius 1 is 0.474 bits per heavy atom. The van der Waals surface area contributed by atoms with Gasteiger partial charge < -0.3 is 20.3 Å². The lowest BCUT2D eigenvalue weighted by Gasteiger charge is -2.22. The molecule has 3 N–H and O–H groups in total. The Morgan fingerprint density at radius 3 is 1.25 bits per heavy atom. The van der Waals surface area contributed by atoms with E-state index in [-0.39, 0.29) is 18.5 Å². The standard InChI is InChI=1S/C51H99NO5/c1-3-5-7-9-11-13-15-17-18-21-25-29-33-37-41-45-51(56)57-46-42-38-34-30-26-22-19-20-24-28-32-36-40-44-50(55)52-48(47-53)49(54)43-39-35-31-27-23-16-14-12-10-8-6-4-2/h17-18,48-49,53-54H,3-16,19-47H2,1-2H3,(H,52,55)/b18-17-. The summed E-state index contributed by atoms with van der Waals surface area (Å²) in [6, 6.07) is -0.549. The van der Waals surface area contributed by atoms with Gasteiger partial charge in [-0.15, -0.1) is 0 Å². The molecule has 0 aromatic carbocycles. The molecule has 0 fully saturated rings. The molecule has 0 heterocycles.